The van der Waals surface area contributed by atoms with Crippen LogP contribution in [0.2, 0.25) is 5.02 Å². The Labute approximate surface area is 92.8 Å². The molecular formula is C10H12ClNO3. The molecule has 5 heteroatoms. The van der Waals surface area contributed by atoms with Crippen LogP contribution >= 0.6 is 11.6 Å². The maximum absolute atomic E-state index is 10.9. The lowest BCUT2D eigenvalue weighted by atomic mass is 10.2. The molecule has 0 aliphatic rings. The highest BCUT2D eigenvalue weighted by Crippen LogP contribution is 2.20. The number of carbonyl (C=O) groups is 1. The van der Waals surface area contributed by atoms with Gasteiger partial charge in [0.15, 0.2) is 0 Å². The van der Waals surface area contributed by atoms with Crippen molar-refractivity contribution in [2.24, 2.45) is 0 Å². The molecule has 0 aliphatic carbocycles. The minimum Gasteiger partial charge on any atom is -0.478 e. The summed E-state index contributed by atoms with van der Waals surface area (Å²) in [5, 5.41) is 12.3. The third-order valence-corrected chi connectivity index (χ3v) is 2.07. The number of aromatic carboxylic acids is 1. The zero-order valence-corrected chi connectivity index (χ0v) is 9.04. The molecule has 0 bridgehead atoms. The largest absolute Gasteiger partial charge is 0.478 e. The number of hydrogen-bond acceptors (Lipinski definition) is 3. The van der Waals surface area contributed by atoms with E-state index < -0.39 is 5.97 Å². The van der Waals surface area contributed by atoms with Crippen molar-refractivity contribution in [1.82, 2.24) is 0 Å². The van der Waals surface area contributed by atoms with Crippen molar-refractivity contribution in [2.45, 2.75) is 0 Å². The Balaban J connectivity index is 2.81. The molecule has 0 spiro atoms. The molecule has 0 amide bonds. The van der Waals surface area contributed by atoms with Crippen LogP contribution in [0.15, 0.2) is 18.2 Å². The van der Waals surface area contributed by atoms with Gasteiger partial charge in [0.1, 0.15) is 0 Å². The number of nitrogens with one attached hydrogen (secondary N) is 1. The summed E-state index contributed by atoms with van der Waals surface area (Å²) in [6, 6.07) is 4.70. The van der Waals surface area contributed by atoms with Crippen molar-refractivity contribution in [3.63, 3.8) is 0 Å². The smallest absolute Gasteiger partial charge is 0.337 e. The third kappa shape index (κ3) is 3.42. The third-order valence-electron chi connectivity index (χ3n) is 1.83. The average molecular weight is 230 g/mol. The molecule has 0 aliphatic heterocycles. The van der Waals surface area contributed by atoms with Crippen LogP contribution < -0.4 is 5.32 Å². The van der Waals surface area contributed by atoms with Crippen LogP contribution in [0.4, 0.5) is 5.69 Å². The van der Waals surface area contributed by atoms with E-state index in [1.54, 1.807) is 19.2 Å². The number of halogens is 1. The molecule has 0 saturated heterocycles. The SMILES string of the molecule is COCCNc1ccc(Cl)cc1C(=O)O. The predicted octanol–water partition coefficient (Wildman–Crippen LogP) is 2.10. The van der Waals surface area contributed by atoms with Crippen molar-refractivity contribution in [1.29, 1.82) is 0 Å². The minimum absolute atomic E-state index is 0.165. The van der Waals surface area contributed by atoms with Crippen LogP contribution in [0.1, 0.15) is 10.4 Å². The fourth-order valence-corrected chi connectivity index (χ4v) is 1.31. The fourth-order valence-electron chi connectivity index (χ4n) is 1.14. The number of carboxylic acid groups (broad SMARTS) is 1. The minimum atomic E-state index is -1.00. The molecule has 15 heavy (non-hydrogen) atoms. The van der Waals surface area contributed by atoms with E-state index in [0.717, 1.165) is 0 Å². The van der Waals surface area contributed by atoms with Crippen molar-refractivity contribution >= 4 is 23.3 Å². The Morgan fingerprint density at radius 2 is 2.33 bits per heavy atom. The Bertz CT molecular complexity index is 355. The second-order valence-electron chi connectivity index (χ2n) is 2.91. The molecule has 0 unspecified atom stereocenters. The average Bonchev–Trinajstić information content (AvgIpc) is 2.20. The van der Waals surface area contributed by atoms with Gasteiger partial charge in [0.2, 0.25) is 0 Å². The van der Waals surface area contributed by atoms with Gasteiger partial charge in [0.25, 0.3) is 0 Å². The molecular weight excluding hydrogens is 218 g/mol. The Kier molecular flexibility index (Phi) is 4.39. The van der Waals surface area contributed by atoms with E-state index in [9.17, 15) is 4.79 Å². The van der Waals surface area contributed by atoms with E-state index in [4.69, 9.17) is 21.4 Å². The first-order valence-corrected chi connectivity index (χ1v) is 4.78. The molecule has 1 aromatic carbocycles. The first-order chi connectivity index (χ1) is 7.15. The monoisotopic (exact) mass is 229 g/mol. The molecule has 0 saturated carbocycles. The lowest BCUT2D eigenvalue weighted by molar-refractivity contribution is 0.0698. The second kappa shape index (κ2) is 5.58. The summed E-state index contributed by atoms with van der Waals surface area (Å²) in [7, 11) is 1.58. The molecule has 0 fully saturated rings. The zero-order chi connectivity index (χ0) is 11.3. The van der Waals surface area contributed by atoms with Crippen molar-refractivity contribution in [3.05, 3.63) is 28.8 Å². The highest BCUT2D eigenvalue weighted by Gasteiger charge is 2.09. The van der Waals surface area contributed by atoms with Gasteiger partial charge in [-0.1, -0.05) is 11.6 Å². The highest BCUT2D eigenvalue weighted by molar-refractivity contribution is 6.31. The number of ether oxygens (including phenoxy) is 1. The quantitative estimate of drug-likeness (QED) is 0.760. The molecule has 4 nitrogen and oxygen atoms in total. The van der Waals surface area contributed by atoms with Gasteiger partial charge < -0.3 is 15.2 Å². The van der Waals surface area contributed by atoms with E-state index in [-0.39, 0.29) is 5.56 Å². The van der Waals surface area contributed by atoms with E-state index in [1.807, 2.05) is 0 Å². The van der Waals surface area contributed by atoms with Crippen molar-refractivity contribution in [2.75, 3.05) is 25.6 Å². The summed E-state index contributed by atoms with van der Waals surface area (Å²) in [5.41, 5.74) is 0.711. The molecule has 0 aromatic heterocycles. The van der Waals surface area contributed by atoms with E-state index >= 15 is 0 Å². The number of benzene rings is 1. The van der Waals surface area contributed by atoms with Gasteiger partial charge in [-0.15, -0.1) is 0 Å². The standard InChI is InChI=1S/C10H12ClNO3/c1-15-5-4-12-9-3-2-7(11)6-8(9)10(13)14/h2-3,6,12H,4-5H2,1H3,(H,13,14). The lowest BCUT2D eigenvalue weighted by Crippen LogP contribution is -2.11. The van der Waals surface area contributed by atoms with Crippen LogP contribution in [-0.4, -0.2) is 31.3 Å². The topological polar surface area (TPSA) is 58.6 Å². The van der Waals surface area contributed by atoms with E-state index in [1.165, 1.54) is 6.07 Å². The maximum Gasteiger partial charge on any atom is 0.337 e. The molecule has 0 heterocycles. The zero-order valence-electron chi connectivity index (χ0n) is 8.29. The molecule has 2 N–H and O–H groups in total. The first-order valence-electron chi connectivity index (χ1n) is 4.41. The van der Waals surface area contributed by atoms with Crippen LogP contribution in [0.25, 0.3) is 0 Å². The first kappa shape index (κ1) is 11.8. The van der Waals surface area contributed by atoms with Gasteiger partial charge in [-0.2, -0.15) is 0 Å². The lowest BCUT2D eigenvalue weighted by Gasteiger charge is -2.09. The molecule has 1 aromatic rings. The summed E-state index contributed by atoms with van der Waals surface area (Å²) in [6.45, 7) is 1.07. The van der Waals surface area contributed by atoms with Gasteiger partial charge in [-0.25, -0.2) is 4.79 Å². The van der Waals surface area contributed by atoms with Gasteiger partial charge in [-0.3, -0.25) is 0 Å². The fraction of sp³-hybridized carbons (Fsp3) is 0.300. The van der Waals surface area contributed by atoms with Crippen LogP contribution in [-0.2, 0) is 4.74 Å². The van der Waals surface area contributed by atoms with Crippen molar-refractivity contribution in [3.8, 4) is 0 Å². The summed E-state index contributed by atoms with van der Waals surface area (Å²) in [6.07, 6.45) is 0. The van der Waals surface area contributed by atoms with Crippen LogP contribution in [0, 0.1) is 0 Å². The van der Waals surface area contributed by atoms with E-state index in [0.29, 0.717) is 23.9 Å². The van der Waals surface area contributed by atoms with E-state index in [2.05, 4.69) is 5.32 Å². The molecule has 0 radical (unpaired) electrons. The normalized spacial score (nSPS) is 10.0. The summed E-state index contributed by atoms with van der Waals surface area (Å²) < 4.78 is 4.85. The summed E-state index contributed by atoms with van der Waals surface area (Å²) in [4.78, 5) is 10.9. The number of hydrogen-bond donors (Lipinski definition) is 2. The van der Waals surface area contributed by atoms with Crippen molar-refractivity contribution < 1.29 is 14.6 Å². The number of rotatable bonds is 5. The summed E-state index contributed by atoms with van der Waals surface area (Å²) >= 11 is 5.71. The van der Waals surface area contributed by atoms with Gasteiger partial charge in [0.05, 0.1) is 12.2 Å². The highest BCUT2D eigenvalue weighted by atomic mass is 35.5. The van der Waals surface area contributed by atoms with Crippen LogP contribution in [0.5, 0.6) is 0 Å². The van der Waals surface area contributed by atoms with Gasteiger partial charge >= 0.3 is 5.97 Å². The predicted molar refractivity (Wildman–Crippen MR) is 58.8 cm³/mol. The molecule has 82 valence electrons. The number of carboxylic acids is 1. The number of anilines is 1. The maximum atomic E-state index is 10.9. The van der Waals surface area contributed by atoms with Gasteiger partial charge in [0, 0.05) is 24.4 Å². The Morgan fingerprint density at radius 3 is 2.93 bits per heavy atom. The molecule has 0 atom stereocenters. The Morgan fingerprint density at radius 1 is 1.60 bits per heavy atom. The molecule has 1 rings (SSSR count). The van der Waals surface area contributed by atoms with Crippen LogP contribution in [0.3, 0.4) is 0 Å². The number of methoxy groups -OCH3 is 1. The summed E-state index contributed by atoms with van der Waals surface area (Å²) in [5.74, 6) is -1.00. The van der Waals surface area contributed by atoms with Gasteiger partial charge in [-0.05, 0) is 18.2 Å². The second-order valence-corrected chi connectivity index (χ2v) is 3.35. The Hall–Kier alpha value is -1.26.